The van der Waals surface area contributed by atoms with E-state index in [1.807, 2.05) is 16.8 Å². The van der Waals surface area contributed by atoms with Gasteiger partial charge in [0.2, 0.25) is 0 Å². The van der Waals surface area contributed by atoms with Crippen molar-refractivity contribution < 1.29 is 15.0 Å². The van der Waals surface area contributed by atoms with Gasteiger partial charge < -0.3 is 14.8 Å². The highest BCUT2D eigenvalue weighted by Crippen LogP contribution is 2.25. The molecule has 4 nitrogen and oxygen atoms in total. The van der Waals surface area contributed by atoms with Gasteiger partial charge in [0.25, 0.3) is 0 Å². The summed E-state index contributed by atoms with van der Waals surface area (Å²) in [5.41, 5.74) is 2.23. The molecule has 0 amide bonds. The van der Waals surface area contributed by atoms with Gasteiger partial charge in [0, 0.05) is 24.7 Å². The van der Waals surface area contributed by atoms with Gasteiger partial charge in [-0.05, 0) is 24.5 Å². The van der Waals surface area contributed by atoms with Crippen LogP contribution < -0.4 is 0 Å². The predicted molar refractivity (Wildman–Crippen MR) is 70.0 cm³/mol. The van der Waals surface area contributed by atoms with Crippen LogP contribution in [0.2, 0.25) is 0 Å². The van der Waals surface area contributed by atoms with Gasteiger partial charge in [-0.25, -0.2) is 4.79 Å². The number of benzene rings is 1. The SMILES string of the molecule is CCc1cn(CCCO)c2c(C(=O)O)cccc12. The zero-order valence-corrected chi connectivity index (χ0v) is 10.4. The maximum Gasteiger partial charge on any atom is 0.337 e. The van der Waals surface area contributed by atoms with Gasteiger partial charge in [-0.15, -0.1) is 0 Å². The van der Waals surface area contributed by atoms with Crippen molar-refractivity contribution in [2.24, 2.45) is 0 Å². The van der Waals surface area contributed by atoms with Crippen molar-refractivity contribution in [3.63, 3.8) is 0 Å². The minimum Gasteiger partial charge on any atom is -0.478 e. The topological polar surface area (TPSA) is 62.5 Å². The van der Waals surface area contributed by atoms with Gasteiger partial charge in [-0.1, -0.05) is 19.1 Å². The van der Waals surface area contributed by atoms with Crippen molar-refractivity contribution in [1.82, 2.24) is 4.57 Å². The fourth-order valence-electron chi connectivity index (χ4n) is 2.31. The van der Waals surface area contributed by atoms with E-state index in [2.05, 4.69) is 6.92 Å². The molecule has 1 aromatic carbocycles. The molecule has 0 aliphatic heterocycles. The van der Waals surface area contributed by atoms with Crippen molar-refractivity contribution >= 4 is 16.9 Å². The van der Waals surface area contributed by atoms with Crippen molar-refractivity contribution in [2.75, 3.05) is 6.61 Å². The second kappa shape index (κ2) is 5.23. The predicted octanol–water partition coefficient (Wildman–Crippen LogP) is 2.28. The first-order valence-corrected chi connectivity index (χ1v) is 6.14. The standard InChI is InChI=1S/C14H17NO3/c1-2-10-9-15(7-4-8-16)13-11(10)5-3-6-12(13)14(17)18/h3,5-6,9,16H,2,4,7-8H2,1H3,(H,17,18). The highest BCUT2D eigenvalue weighted by molar-refractivity contribution is 6.03. The Balaban J connectivity index is 2.65. The molecule has 0 fully saturated rings. The quantitative estimate of drug-likeness (QED) is 0.852. The van der Waals surface area contributed by atoms with Crippen LogP contribution >= 0.6 is 0 Å². The van der Waals surface area contributed by atoms with Crippen LogP contribution in [-0.2, 0) is 13.0 Å². The molecule has 18 heavy (non-hydrogen) atoms. The summed E-state index contributed by atoms with van der Waals surface area (Å²) in [4.78, 5) is 11.3. The second-order valence-corrected chi connectivity index (χ2v) is 4.29. The van der Waals surface area contributed by atoms with Crippen LogP contribution in [0.5, 0.6) is 0 Å². The lowest BCUT2D eigenvalue weighted by atomic mass is 10.1. The molecule has 0 unspecified atom stereocenters. The minimum atomic E-state index is -0.911. The molecule has 0 saturated heterocycles. The fraction of sp³-hybridized carbons (Fsp3) is 0.357. The van der Waals surface area contributed by atoms with Gasteiger partial charge in [-0.2, -0.15) is 0 Å². The van der Waals surface area contributed by atoms with E-state index < -0.39 is 5.97 Å². The number of aromatic carboxylic acids is 1. The average Bonchev–Trinajstić information content (AvgIpc) is 2.74. The van der Waals surface area contributed by atoms with Crippen LogP contribution in [-0.4, -0.2) is 27.4 Å². The third-order valence-electron chi connectivity index (χ3n) is 3.15. The van der Waals surface area contributed by atoms with Crippen molar-refractivity contribution in [3.05, 3.63) is 35.5 Å². The molecule has 0 spiro atoms. The maximum atomic E-state index is 11.3. The summed E-state index contributed by atoms with van der Waals surface area (Å²) in [6.07, 6.45) is 3.49. The number of hydrogen-bond acceptors (Lipinski definition) is 2. The van der Waals surface area contributed by atoms with E-state index in [9.17, 15) is 9.90 Å². The molecular formula is C14H17NO3. The number of aliphatic hydroxyl groups excluding tert-OH is 1. The fourth-order valence-corrected chi connectivity index (χ4v) is 2.31. The molecule has 1 aromatic heterocycles. The van der Waals surface area contributed by atoms with Gasteiger partial charge in [0.15, 0.2) is 0 Å². The number of nitrogens with zero attached hydrogens (tertiary/aromatic N) is 1. The van der Waals surface area contributed by atoms with E-state index in [1.165, 1.54) is 0 Å². The highest BCUT2D eigenvalue weighted by atomic mass is 16.4. The average molecular weight is 247 g/mol. The Kier molecular flexibility index (Phi) is 3.67. The van der Waals surface area contributed by atoms with Crippen LogP contribution in [0.4, 0.5) is 0 Å². The molecule has 96 valence electrons. The van der Waals surface area contributed by atoms with Crippen molar-refractivity contribution in [2.45, 2.75) is 26.3 Å². The zero-order valence-electron chi connectivity index (χ0n) is 10.4. The van der Waals surface area contributed by atoms with Crippen LogP contribution in [0.1, 0.15) is 29.3 Å². The lowest BCUT2D eigenvalue weighted by Gasteiger charge is -2.06. The van der Waals surface area contributed by atoms with Crippen molar-refractivity contribution in [1.29, 1.82) is 0 Å². The summed E-state index contributed by atoms with van der Waals surface area (Å²) in [5, 5.41) is 19.2. The molecule has 0 bridgehead atoms. The maximum absolute atomic E-state index is 11.3. The Morgan fingerprint density at radius 2 is 2.17 bits per heavy atom. The first kappa shape index (κ1) is 12.6. The lowest BCUT2D eigenvalue weighted by Crippen LogP contribution is -2.04. The lowest BCUT2D eigenvalue weighted by molar-refractivity contribution is 0.0698. The van der Waals surface area contributed by atoms with E-state index in [0.717, 1.165) is 22.9 Å². The zero-order chi connectivity index (χ0) is 13.1. The molecule has 0 aliphatic rings. The molecule has 2 N–H and O–H groups in total. The third-order valence-corrected chi connectivity index (χ3v) is 3.15. The summed E-state index contributed by atoms with van der Waals surface area (Å²) in [6, 6.07) is 5.36. The van der Waals surface area contributed by atoms with Gasteiger partial charge in [0.1, 0.15) is 0 Å². The van der Waals surface area contributed by atoms with E-state index >= 15 is 0 Å². The number of carbonyl (C=O) groups is 1. The van der Waals surface area contributed by atoms with Gasteiger partial charge >= 0.3 is 5.97 Å². The first-order valence-electron chi connectivity index (χ1n) is 6.14. The summed E-state index contributed by atoms with van der Waals surface area (Å²) in [5.74, 6) is -0.911. The van der Waals surface area contributed by atoms with E-state index in [0.29, 0.717) is 18.5 Å². The number of fused-ring (bicyclic) bond motifs is 1. The van der Waals surface area contributed by atoms with Crippen molar-refractivity contribution in [3.8, 4) is 0 Å². The number of rotatable bonds is 5. The molecule has 0 radical (unpaired) electrons. The van der Waals surface area contributed by atoms with Crippen LogP contribution in [0, 0.1) is 0 Å². The molecule has 4 heteroatoms. The Morgan fingerprint density at radius 1 is 1.39 bits per heavy atom. The molecule has 2 rings (SSSR count). The smallest absolute Gasteiger partial charge is 0.337 e. The molecule has 0 atom stereocenters. The normalized spacial score (nSPS) is 11.0. The van der Waals surface area contributed by atoms with Gasteiger partial charge in [-0.3, -0.25) is 0 Å². The summed E-state index contributed by atoms with van der Waals surface area (Å²) < 4.78 is 1.94. The number of para-hydroxylation sites is 1. The number of aromatic nitrogens is 1. The Labute approximate surface area is 105 Å². The number of aliphatic hydroxyl groups is 1. The van der Waals surface area contributed by atoms with E-state index in [1.54, 1.807) is 12.1 Å². The number of aryl methyl sites for hydroxylation is 2. The molecule has 1 heterocycles. The van der Waals surface area contributed by atoms with E-state index in [-0.39, 0.29) is 6.61 Å². The van der Waals surface area contributed by atoms with Crippen LogP contribution in [0.25, 0.3) is 10.9 Å². The Morgan fingerprint density at radius 3 is 2.78 bits per heavy atom. The number of hydrogen-bond donors (Lipinski definition) is 2. The van der Waals surface area contributed by atoms with Crippen LogP contribution in [0.15, 0.2) is 24.4 Å². The largest absolute Gasteiger partial charge is 0.478 e. The molecule has 2 aromatic rings. The monoisotopic (exact) mass is 247 g/mol. The highest BCUT2D eigenvalue weighted by Gasteiger charge is 2.14. The Hall–Kier alpha value is -1.81. The summed E-state index contributed by atoms with van der Waals surface area (Å²) in [6.45, 7) is 2.80. The second-order valence-electron chi connectivity index (χ2n) is 4.29. The molecular weight excluding hydrogens is 230 g/mol. The number of carboxylic acid groups (broad SMARTS) is 1. The van der Waals surface area contributed by atoms with E-state index in [4.69, 9.17) is 5.11 Å². The molecule has 0 aliphatic carbocycles. The first-order chi connectivity index (χ1) is 8.69. The Bertz CT molecular complexity index is 572. The third kappa shape index (κ3) is 2.11. The van der Waals surface area contributed by atoms with Gasteiger partial charge in [0.05, 0.1) is 11.1 Å². The minimum absolute atomic E-state index is 0.108. The summed E-state index contributed by atoms with van der Waals surface area (Å²) in [7, 11) is 0. The molecule has 0 saturated carbocycles. The van der Waals surface area contributed by atoms with Crippen LogP contribution in [0.3, 0.4) is 0 Å². The summed E-state index contributed by atoms with van der Waals surface area (Å²) >= 11 is 0. The number of carboxylic acids is 1.